The quantitative estimate of drug-likeness (QED) is 0.735. The van der Waals surface area contributed by atoms with E-state index in [2.05, 4.69) is 21.9 Å². The molecule has 3 rings (SSSR count). The van der Waals surface area contributed by atoms with Crippen molar-refractivity contribution in [2.24, 2.45) is 0 Å². The van der Waals surface area contributed by atoms with Crippen LogP contribution in [0, 0.1) is 0 Å². The van der Waals surface area contributed by atoms with Crippen LogP contribution < -0.4 is 14.4 Å². The van der Waals surface area contributed by atoms with Gasteiger partial charge in [-0.2, -0.15) is 0 Å². The molecule has 1 aliphatic heterocycles. The van der Waals surface area contributed by atoms with Gasteiger partial charge in [-0.15, -0.1) is 0 Å². The van der Waals surface area contributed by atoms with Gasteiger partial charge in [0.25, 0.3) is 0 Å². The maximum absolute atomic E-state index is 12.7. The fraction of sp³-hybridized carbons (Fsp3) is 0.409. The van der Waals surface area contributed by atoms with Crippen molar-refractivity contribution in [3.8, 4) is 11.5 Å². The van der Waals surface area contributed by atoms with Crippen molar-refractivity contribution in [1.82, 2.24) is 9.80 Å². The Morgan fingerprint density at radius 3 is 2.46 bits per heavy atom. The summed E-state index contributed by atoms with van der Waals surface area (Å²) in [5.74, 6) is 1.81. The zero-order valence-corrected chi connectivity index (χ0v) is 16.9. The Bertz CT molecular complexity index is 788. The largest absolute Gasteiger partial charge is 0.497 e. The number of nitrogens with zero attached hydrogens (tertiary/aromatic N) is 3. The summed E-state index contributed by atoms with van der Waals surface area (Å²) in [6, 6.07) is 15.9. The normalized spacial score (nSPS) is 14.6. The molecule has 0 aliphatic carbocycles. The highest BCUT2D eigenvalue weighted by Gasteiger charge is 2.21. The van der Waals surface area contributed by atoms with Crippen molar-refractivity contribution < 1.29 is 14.3 Å². The van der Waals surface area contributed by atoms with Gasteiger partial charge >= 0.3 is 0 Å². The molecule has 150 valence electrons. The molecule has 0 aromatic heterocycles. The van der Waals surface area contributed by atoms with Gasteiger partial charge in [0.05, 0.1) is 20.8 Å². The first-order valence-corrected chi connectivity index (χ1v) is 9.58. The molecule has 0 bridgehead atoms. The number of piperazine rings is 1. The van der Waals surface area contributed by atoms with Gasteiger partial charge in [-0.1, -0.05) is 24.3 Å². The highest BCUT2D eigenvalue weighted by molar-refractivity contribution is 5.78. The van der Waals surface area contributed by atoms with Crippen LogP contribution >= 0.6 is 0 Å². The second-order valence-corrected chi connectivity index (χ2v) is 7.03. The summed E-state index contributed by atoms with van der Waals surface area (Å²) in [5, 5.41) is 0. The lowest BCUT2D eigenvalue weighted by molar-refractivity contribution is -0.131. The van der Waals surface area contributed by atoms with Crippen molar-refractivity contribution in [3.05, 3.63) is 54.1 Å². The maximum atomic E-state index is 12.7. The number of para-hydroxylation sites is 1. The van der Waals surface area contributed by atoms with Gasteiger partial charge in [-0.3, -0.25) is 9.69 Å². The van der Waals surface area contributed by atoms with Crippen molar-refractivity contribution >= 4 is 11.6 Å². The third kappa shape index (κ3) is 4.95. The van der Waals surface area contributed by atoms with Gasteiger partial charge in [0, 0.05) is 57.1 Å². The highest BCUT2D eigenvalue weighted by Crippen LogP contribution is 2.22. The topological polar surface area (TPSA) is 45.2 Å². The number of carbonyl (C=O) groups is 1. The molecular weight excluding hydrogens is 354 g/mol. The molecule has 6 nitrogen and oxygen atoms in total. The van der Waals surface area contributed by atoms with Crippen LogP contribution in [0.15, 0.2) is 48.5 Å². The fourth-order valence-electron chi connectivity index (χ4n) is 3.46. The molecule has 0 N–H and O–H groups in total. The van der Waals surface area contributed by atoms with Crippen LogP contribution in [0.25, 0.3) is 0 Å². The zero-order chi connectivity index (χ0) is 19.9. The molecular formula is C22H29N3O3. The first-order valence-electron chi connectivity index (χ1n) is 9.58. The Balaban J connectivity index is 1.50. The summed E-state index contributed by atoms with van der Waals surface area (Å²) >= 11 is 0. The van der Waals surface area contributed by atoms with E-state index in [0.717, 1.165) is 43.2 Å². The van der Waals surface area contributed by atoms with E-state index in [9.17, 15) is 4.79 Å². The van der Waals surface area contributed by atoms with Crippen molar-refractivity contribution in [1.29, 1.82) is 0 Å². The number of benzene rings is 2. The van der Waals surface area contributed by atoms with E-state index in [0.29, 0.717) is 13.1 Å². The monoisotopic (exact) mass is 383 g/mol. The molecule has 1 amide bonds. The van der Waals surface area contributed by atoms with Crippen molar-refractivity contribution in [2.75, 3.05) is 58.9 Å². The molecule has 1 saturated heterocycles. The second-order valence-electron chi connectivity index (χ2n) is 7.03. The second kappa shape index (κ2) is 9.46. The van der Waals surface area contributed by atoms with Gasteiger partial charge in [0.2, 0.25) is 5.91 Å². The van der Waals surface area contributed by atoms with E-state index in [1.54, 1.807) is 19.1 Å². The van der Waals surface area contributed by atoms with Crippen molar-refractivity contribution in [2.45, 2.75) is 6.54 Å². The molecule has 1 aliphatic rings. The number of rotatable bonds is 7. The molecule has 2 aromatic rings. The predicted octanol–water partition coefficient (Wildman–Crippen LogP) is 2.48. The Hall–Kier alpha value is -2.73. The van der Waals surface area contributed by atoms with Gasteiger partial charge in [0.1, 0.15) is 11.5 Å². The summed E-state index contributed by atoms with van der Waals surface area (Å²) in [4.78, 5) is 19.0. The summed E-state index contributed by atoms with van der Waals surface area (Å²) in [6.45, 7) is 4.52. The first kappa shape index (κ1) is 20.0. The third-order valence-corrected chi connectivity index (χ3v) is 5.18. The lowest BCUT2D eigenvalue weighted by atomic mass is 10.2. The minimum atomic E-state index is 0.126. The average molecular weight is 383 g/mol. The third-order valence-electron chi connectivity index (χ3n) is 5.18. The number of amides is 1. The summed E-state index contributed by atoms with van der Waals surface area (Å²) in [7, 11) is 5.19. The highest BCUT2D eigenvalue weighted by atomic mass is 16.5. The van der Waals surface area contributed by atoms with E-state index >= 15 is 0 Å². The number of anilines is 1. The van der Waals surface area contributed by atoms with Gasteiger partial charge in [0.15, 0.2) is 0 Å². The Morgan fingerprint density at radius 2 is 1.75 bits per heavy atom. The summed E-state index contributed by atoms with van der Waals surface area (Å²) < 4.78 is 10.7. The van der Waals surface area contributed by atoms with Crippen LogP contribution in [-0.4, -0.2) is 69.7 Å². The molecule has 28 heavy (non-hydrogen) atoms. The molecule has 0 unspecified atom stereocenters. The van der Waals surface area contributed by atoms with Crippen LogP contribution in [0.1, 0.15) is 5.56 Å². The molecule has 0 radical (unpaired) electrons. The summed E-state index contributed by atoms with van der Waals surface area (Å²) in [6.07, 6.45) is 0. The lowest BCUT2D eigenvalue weighted by Gasteiger charge is -2.36. The molecule has 0 saturated carbocycles. The van der Waals surface area contributed by atoms with Crippen LogP contribution in [0.2, 0.25) is 0 Å². The molecule has 2 aromatic carbocycles. The average Bonchev–Trinajstić information content (AvgIpc) is 2.74. The predicted molar refractivity (Wildman–Crippen MR) is 111 cm³/mol. The van der Waals surface area contributed by atoms with Crippen LogP contribution in [-0.2, 0) is 11.3 Å². The minimum Gasteiger partial charge on any atom is -0.497 e. The van der Waals surface area contributed by atoms with Crippen LogP contribution in [0.3, 0.4) is 0 Å². The number of hydrogen-bond acceptors (Lipinski definition) is 5. The van der Waals surface area contributed by atoms with Gasteiger partial charge in [-0.25, -0.2) is 0 Å². The van der Waals surface area contributed by atoms with E-state index in [1.165, 1.54) is 5.69 Å². The zero-order valence-electron chi connectivity index (χ0n) is 16.9. The number of likely N-dealkylation sites (N-methyl/N-ethyl adjacent to an activating group) is 1. The summed E-state index contributed by atoms with van der Waals surface area (Å²) in [5.41, 5.74) is 2.18. The van der Waals surface area contributed by atoms with Crippen LogP contribution in [0.4, 0.5) is 5.69 Å². The lowest BCUT2D eigenvalue weighted by Crippen LogP contribution is -2.49. The van der Waals surface area contributed by atoms with Crippen molar-refractivity contribution in [3.63, 3.8) is 0 Å². The Morgan fingerprint density at radius 1 is 1.00 bits per heavy atom. The molecule has 0 spiro atoms. The molecule has 1 heterocycles. The molecule has 0 atom stereocenters. The smallest absolute Gasteiger partial charge is 0.236 e. The van der Waals surface area contributed by atoms with E-state index in [1.807, 2.05) is 43.4 Å². The Labute approximate surface area is 167 Å². The number of ether oxygens (including phenoxy) is 2. The number of hydrogen-bond donors (Lipinski definition) is 0. The van der Waals surface area contributed by atoms with Gasteiger partial charge in [-0.05, 0) is 18.2 Å². The number of methoxy groups -OCH3 is 2. The van der Waals surface area contributed by atoms with Crippen LogP contribution in [0.5, 0.6) is 11.5 Å². The minimum absolute atomic E-state index is 0.126. The van der Waals surface area contributed by atoms with E-state index < -0.39 is 0 Å². The maximum Gasteiger partial charge on any atom is 0.236 e. The fourth-order valence-corrected chi connectivity index (χ4v) is 3.46. The van der Waals surface area contributed by atoms with E-state index in [4.69, 9.17) is 9.47 Å². The molecule has 6 heteroatoms. The SMILES string of the molecule is COc1cccc(N2CCN(CC(=O)N(C)Cc3ccccc3OC)CC2)c1. The first-order chi connectivity index (χ1) is 13.6. The number of carbonyl (C=O) groups excluding carboxylic acids is 1. The molecule has 1 fully saturated rings. The van der Waals surface area contributed by atoms with Gasteiger partial charge < -0.3 is 19.3 Å². The standard InChI is InChI=1S/C22H29N3O3/c1-23(16-18-7-4-5-10-21(18)28-3)22(26)17-24-11-13-25(14-12-24)19-8-6-9-20(15-19)27-2/h4-10,15H,11-14,16-17H2,1-3H3. The Kier molecular flexibility index (Phi) is 6.76. The van der Waals surface area contributed by atoms with E-state index in [-0.39, 0.29) is 5.91 Å².